The molecule has 2 amide bonds. The highest BCUT2D eigenvalue weighted by atomic mass is 16.2. The summed E-state index contributed by atoms with van der Waals surface area (Å²) in [5.74, 6) is 0.113. The van der Waals surface area contributed by atoms with E-state index in [-0.39, 0.29) is 17.7 Å². The van der Waals surface area contributed by atoms with Crippen molar-refractivity contribution in [2.24, 2.45) is 5.92 Å². The van der Waals surface area contributed by atoms with Gasteiger partial charge in [0.15, 0.2) is 0 Å². The van der Waals surface area contributed by atoms with E-state index in [1.807, 2.05) is 0 Å². The summed E-state index contributed by atoms with van der Waals surface area (Å²) in [6.07, 6.45) is 5.40. The van der Waals surface area contributed by atoms with Gasteiger partial charge < -0.3 is 10.2 Å². The molecule has 0 unspecified atom stereocenters. The fourth-order valence-corrected chi connectivity index (χ4v) is 3.01. The number of carbonyl (C=O) groups excluding carboxylic acids is 2. The molecule has 0 radical (unpaired) electrons. The number of nitrogens with zero attached hydrogens (tertiary/aromatic N) is 2. The summed E-state index contributed by atoms with van der Waals surface area (Å²) >= 11 is 0. The van der Waals surface area contributed by atoms with Crippen LogP contribution in [0, 0.1) is 17.2 Å². The maximum Gasteiger partial charge on any atom is 0.223 e. The van der Waals surface area contributed by atoms with E-state index in [9.17, 15) is 9.59 Å². The Balaban J connectivity index is 1.91. The quantitative estimate of drug-likeness (QED) is 0.908. The van der Waals surface area contributed by atoms with Crippen molar-refractivity contribution in [3.05, 3.63) is 29.8 Å². The van der Waals surface area contributed by atoms with Crippen LogP contribution in [0.3, 0.4) is 0 Å². The Kier molecular flexibility index (Phi) is 6.16. The third-order valence-electron chi connectivity index (χ3n) is 4.28. The van der Waals surface area contributed by atoms with Crippen molar-refractivity contribution in [2.75, 3.05) is 18.0 Å². The minimum atomic E-state index is -0.105. The summed E-state index contributed by atoms with van der Waals surface area (Å²) < 4.78 is 0. The molecule has 0 atom stereocenters. The number of amides is 2. The van der Waals surface area contributed by atoms with E-state index in [2.05, 4.69) is 11.4 Å². The monoisotopic (exact) mass is 313 g/mol. The third-order valence-corrected chi connectivity index (χ3v) is 4.28. The summed E-state index contributed by atoms with van der Waals surface area (Å²) in [5.41, 5.74) is 1.20. The van der Waals surface area contributed by atoms with Gasteiger partial charge in [0.2, 0.25) is 11.8 Å². The molecule has 1 saturated carbocycles. The molecule has 1 aromatic rings. The fraction of sp³-hybridized carbons (Fsp3) is 0.500. The number of hydrogen-bond donors (Lipinski definition) is 1. The lowest BCUT2D eigenvalue weighted by Crippen LogP contribution is -2.40. The topological polar surface area (TPSA) is 73.2 Å². The Morgan fingerprint density at radius 1 is 1.30 bits per heavy atom. The summed E-state index contributed by atoms with van der Waals surface area (Å²) in [6, 6.07) is 9.01. The lowest BCUT2D eigenvalue weighted by Gasteiger charge is -2.24. The van der Waals surface area contributed by atoms with Gasteiger partial charge in [-0.3, -0.25) is 9.59 Å². The molecule has 1 aliphatic carbocycles. The number of rotatable bonds is 5. The Bertz CT molecular complexity index is 601. The van der Waals surface area contributed by atoms with Crippen LogP contribution in [0.4, 0.5) is 5.69 Å². The van der Waals surface area contributed by atoms with Crippen LogP contribution in [0.5, 0.6) is 0 Å². The van der Waals surface area contributed by atoms with Gasteiger partial charge in [-0.15, -0.1) is 0 Å². The first-order valence-corrected chi connectivity index (χ1v) is 8.18. The zero-order valence-electron chi connectivity index (χ0n) is 13.5. The standard InChI is InChI=1S/C18H23N3O2/c1-14(22)21(17-9-5-6-15(12-17)13-19)11-10-20-18(23)16-7-3-2-4-8-16/h5-6,9,12,16H,2-4,7-8,10-11H2,1H3,(H,20,23). The van der Waals surface area contributed by atoms with E-state index in [4.69, 9.17) is 5.26 Å². The van der Waals surface area contributed by atoms with Crippen molar-refractivity contribution in [3.8, 4) is 6.07 Å². The van der Waals surface area contributed by atoms with Crippen LogP contribution in [0.2, 0.25) is 0 Å². The largest absolute Gasteiger partial charge is 0.354 e. The van der Waals surface area contributed by atoms with Crippen LogP contribution in [-0.2, 0) is 9.59 Å². The first kappa shape index (κ1) is 17.0. The summed E-state index contributed by atoms with van der Waals surface area (Å²) in [5, 5.41) is 11.9. The van der Waals surface area contributed by atoms with Crippen molar-refractivity contribution >= 4 is 17.5 Å². The lowest BCUT2D eigenvalue weighted by atomic mass is 9.89. The summed E-state index contributed by atoms with van der Waals surface area (Å²) in [4.78, 5) is 25.6. The Morgan fingerprint density at radius 3 is 2.70 bits per heavy atom. The number of nitriles is 1. The second-order valence-electron chi connectivity index (χ2n) is 5.96. The van der Waals surface area contributed by atoms with Crippen molar-refractivity contribution in [2.45, 2.75) is 39.0 Å². The maximum atomic E-state index is 12.1. The molecular weight excluding hydrogens is 290 g/mol. The van der Waals surface area contributed by atoms with Gasteiger partial charge in [-0.2, -0.15) is 5.26 Å². The number of carbonyl (C=O) groups is 2. The molecule has 122 valence electrons. The molecule has 1 aromatic carbocycles. The van der Waals surface area contributed by atoms with Crippen LogP contribution in [0.15, 0.2) is 24.3 Å². The van der Waals surface area contributed by atoms with E-state index in [0.29, 0.717) is 24.3 Å². The second kappa shape index (κ2) is 8.33. The Morgan fingerprint density at radius 2 is 2.04 bits per heavy atom. The van der Waals surface area contributed by atoms with Gasteiger partial charge in [-0.1, -0.05) is 25.3 Å². The van der Waals surface area contributed by atoms with Gasteiger partial charge in [0.25, 0.3) is 0 Å². The van der Waals surface area contributed by atoms with E-state index in [1.54, 1.807) is 29.2 Å². The van der Waals surface area contributed by atoms with Crippen LogP contribution in [-0.4, -0.2) is 24.9 Å². The molecule has 0 aliphatic heterocycles. The molecule has 23 heavy (non-hydrogen) atoms. The molecule has 0 heterocycles. The Labute approximate surface area is 137 Å². The smallest absolute Gasteiger partial charge is 0.223 e. The van der Waals surface area contributed by atoms with Crippen LogP contribution in [0.1, 0.15) is 44.6 Å². The number of benzene rings is 1. The number of hydrogen-bond acceptors (Lipinski definition) is 3. The molecule has 0 saturated heterocycles. The highest BCUT2D eigenvalue weighted by Gasteiger charge is 2.21. The average molecular weight is 313 g/mol. The van der Waals surface area contributed by atoms with Crippen molar-refractivity contribution in [1.29, 1.82) is 5.26 Å². The van der Waals surface area contributed by atoms with E-state index < -0.39 is 0 Å². The van der Waals surface area contributed by atoms with E-state index in [1.165, 1.54) is 13.3 Å². The van der Waals surface area contributed by atoms with Gasteiger partial charge in [-0.25, -0.2) is 0 Å². The van der Waals surface area contributed by atoms with Gasteiger partial charge in [0.05, 0.1) is 11.6 Å². The van der Waals surface area contributed by atoms with Gasteiger partial charge in [0, 0.05) is 31.6 Å². The normalized spacial score (nSPS) is 14.8. The van der Waals surface area contributed by atoms with Crippen molar-refractivity contribution < 1.29 is 9.59 Å². The number of nitrogens with one attached hydrogen (secondary N) is 1. The molecule has 1 fully saturated rings. The van der Waals surface area contributed by atoms with Crippen molar-refractivity contribution in [3.63, 3.8) is 0 Å². The summed E-state index contributed by atoms with van der Waals surface area (Å²) in [6.45, 7) is 2.32. The molecule has 0 spiro atoms. The highest BCUT2D eigenvalue weighted by molar-refractivity contribution is 5.91. The molecule has 0 aromatic heterocycles. The predicted molar refractivity (Wildman–Crippen MR) is 88.8 cm³/mol. The Hall–Kier alpha value is -2.35. The molecule has 5 heteroatoms. The van der Waals surface area contributed by atoms with Crippen molar-refractivity contribution in [1.82, 2.24) is 5.32 Å². The second-order valence-corrected chi connectivity index (χ2v) is 5.96. The van der Waals surface area contributed by atoms with E-state index in [0.717, 1.165) is 25.7 Å². The van der Waals surface area contributed by atoms with Gasteiger partial charge in [0.1, 0.15) is 0 Å². The summed E-state index contributed by atoms with van der Waals surface area (Å²) in [7, 11) is 0. The molecule has 2 rings (SSSR count). The molecule has 1 aliphatic rings. The SMILES string of the molecule is CC(=O)N(CCNC(=O)C1CCCCC1)c1cccc(C#N)c1. The van der Waals surface area contributed by atoms with Gasteiger partial charge in [-0.05, 0) is 31.0 Å². The minimum absolute atomic E-state index is 0.0963. The zero-order chi connectivity index (χ0) is 16.7. The first-order valence-electron chi connectivity index (χ1n) is 8.18. The minimum Gasteiger partial charge on any atom is -0.354 e. The molecule has 1 N–H and O–H groups in total. The third kappa shape index (κ3) is 4.82. The van der Waals surface area contributed by atoms with Crippen LogP contribution < -0.4 is 10.2 Å². The lowest BCUT2D eigenvalue weighted by molar-refractivity contribution is -0.126. The van der Waals surface area contributed by atoms with Crippen LogP contribution in [0.25, 0.3) is 0 Å². The highest BCUT2D eigenvalue weighted by Crippen LogP contribution is 2.23. The average Bonchev–Trinajstić information content (AvgIpc) is 2.59. The molecule has 0 bridgehead atoms. The predicted octanol–water partition coefficient (Wildman–Crippen LogP) is 2.61. The van der Waals surface area contributed by atoms with E-state index >= 15 is 0 Å². The first-order chi connectivity index (χ1) is 11.1. The number of anilines is 1. The zero-order valence-corrected chi connectivity index (χ0v) is 13.5. The maximum absolute atomic E-state index is 12.1. The molecule has 5 nitrogen and oxygen atoms in total. The fourth-order valence-electron chi connectivity index (χ4n) is 3.01. The molecular formula is C18H23N3O2. The van der Waals surface area contributed by atoms with Gasteiger partial charge >= 0.3 is 0 Å². The van der Waals surface area contributed by atoms with Crippen LogP contribution >= 0.6 is 0 Å².